The molecule has 1 unspecified atom stereocenters. The molecule has 1 rings (SSSR count). The Morgan fingerprint density at radius 3 is 2.43 bits per heavy atom. The van der Waals surface area contributed by atoms with Crippen LogP contribution < -0.4 is 0 Å². The smallest absolute Gasteiger partial charge is 0.115 e. The summed E-state index contributed by atoms with van der Waals surface area (Å²) in [5.74, 6) is 0.322. The maximum absolute atomic E-state index is 9.13. The number of thiol groups is 1. The molecule has 0 aliphatic carbocycles. The monoisotopic (exact) mass is 210 g/mol. The number of aromatic hydroxyl groups is 1. The quantitative estimate of drug-likeness (QED) is 0.557. The van der Waals surface area contributed by atoms with Crippen LogP contribution in [0.25, 0.3) is 0 Å². The number of unbranched alkanes of at least 4 members (excludes halogenated alkanes) is 2. The van der Waals surface area contributed by atoms with Gasteiger partial charge in [0.1, 0.15) is 5.75 Å². The van der Waals surface area contributed by atoms with Crippen molar-refractivity contribution in [1.82, 2.24) is 0 Å². The van der Waals surface area contributed by atoms with Crippen LogP contribution in [0.15, 0.2) is 24.3 Å². The van der Waals surface area contributed by atoms with Gasteiger partial charge in [0.2, 0.25) is 0 Å². The van der Waals surface area contributed by atoms with E-state index in [9.17, 15) is 0 Å². The van der Waals surface area contributed by atoms with E-state index < -0.39 is 0 Å². The van der Waals surface area contributed by atoms with Crippen LogP contribution in [0, 0.1) is 0 Å². The molecule has 0 bridgehead atoms. The van der Waals surface area contributed by atoms with Crippen molar-refractivity contribution in [3.63, 3.8) is 0 Å². The van der Waals surface area contributed by atoms with Gasteiger partial charge in [0.05, 0.1) is 0 Å². The highest BCUT2D eigenvalue weighted by Gasteiger charge is 2.05. The average molecular weight is 210 g/mol. The molecular formula is C12H18OS. The second-order valence-corrected chi connectivity index (χ2v) is 4.23. The highest BCUT2D eigenvalue weighted by molar-refractivity contribution is 7.80. The van der Waals surface area contributed by atoms with Crippen molar-refractivity contribution < 1.29 is 5.11 Å². The van der Waals surface area contributed by atoms with Crippen molar-refractivity contribution in [2.24, 2.45) is 0 Å². The lowest BCUT2D eigenvalue weighted by molar-refractivity contribution is 0.475. The normalized spacial score (nSPS) is 12.7. The van der Waals surface area contributed by atoms with Gasteiger partial charge in [-0.05, 0) is 24.1 Å². The number of hydrogen-bond acceptors (Lipinski definition) is 2. The van der Waals surface area contributed by atoms with E-state index in [1.165, 1.54) is 24.8 Å². The zero-order valence-electron chi connectivity index (χ0n) is 8.61. The number of rotatable bonds is 5. The molecule has 1 N–H and O–H groups in total. The molecule has 0 fully saturated rings. The Morgan fingerprint density at radius 2 is 1.86 bits per heavy atom. The van der Waals surface area contributed by atoms with Gasteiger partial charge in [-0.1, -0.05) is 38.3 Å². The van der Waals surface area contributed by atoms with Crippen LogP contribution in [-0.4, -0.2) is 5.11 Å². The average Bonchev–Trinajstić information content (AvgIpc) is 2.19. The molecule has 0 saturated heterocycles. The second kappa shape index (κ2) is 5.97. The van der Waals surface area contributed by atoms with Gasteiger partial charge < -0.3 is 5.11 Å². The van der Waals surface area contributed by atoms with Gasteiger partial charge in [-0.25, -0.2) is 0 Å². The van der Waals surface area contributed by atoms with E-state index in [0.717, 1.165) is 6.42 Å². The first-order chi connectivity index (χ1) is 6.74. The van der Waals surface area contributed by atoms with E-state index >= 15 is 0 Å². The summed E-state index contributed by atoms with van der Waals surface area (Å²) in [6.07, 6.45) is 4.86. The number of benzene rings is 1. The van der Waals surface area contributed by atoms with Gasteiger partial charge in [-0.2, -0.15) is 12.6 Å². The van der Waals surface area contributed by atoms with Gasteiger partial charge in [-0.15, -0.1) is 0 Å². The molecular weight excluding hydrogens is 192 g/mol. The summed E-state index contributed by atoms with van der Waals surface area (Å²) in [6.45, 7) is 2.20. The standard InChI is InChI=1S/C12H18OS/c1-2-3-4-5-12(14)10-6-8-11(13)9-7-10/h6-9,12-14H,2-5H2,1H3. The molecule has 0 aliphatic rings. The third kappa shape index (κ3) is 3.62. The molecule has 1 aromatic rings. The molecule has 2 heteroatoms. The minimum absolute atomic E-state index is 0.308. The Bertz CT molecular complexity index is 256. The van der Waals surface area contributed by atoms with Crippen molar-refractivity contribution in [1.29, 1.82) is 0 Å². The van der Waals surface area contributed by atoms with Crippen LogP contribution in [-0.2, 0) is 0 Å². The minimum atomic E-state index is 0.308. The molecule has 0 aromatic heterocycles. The summed E-state index contributed by atoms with van der Waals surface area (Å²) in [7, 11) is 0. The van der Waals surface area contributed by atoms with Crippen LogP contribution in [0.4, 0.5) is 0 Å². The molecule has 0 saturated carbocycles. The fourth-order valence-corrected chi connectivity index (χ4v) is 1.81. The lowest BCUT2D eigenvalue weighted by atomic mass is 10.1. The van der Waals surface area contributed by atoms with Gasteiger partial charge in [0.15, 0.2) is 0 Å². The van der Waals surface area contributed by atoms with E-state index in [1.807, 2.05) is 12.1 Å². The van der Waals surface area contributed by atoms with E-state index in [-0.39, 0.29) is 0 Å². The Hall–Kier alpha value is -0.630. The first-order valence-electron chi connectivity index (χ1n) is 5.21. The van der Waals surface area contributed by atoms with Crippen molar-refractivity contribution in [2.75, 3.05) is 0 Å². The van der Waals surface area contributed by atoms with E-state index in [2.05, 4.69) is 19.6 Å². The molecule has 14 heavy (non-hydrogen) atoms. The number of hydrogen-bond donors (Lipinski definition) is 2. The highest BCUT2D eigenvalue weighted by Crippen LogP contribution is 2.27. The topological polar surface area (TPSA) is 20.2 Å². The Balaban J connectivity index is 2.43. The number of phenolic OH excluding ortho intramolecular Hbond substituents is 1. The van der Waals surface area contributed by atoms with Gasteiger partial charge in [0, 0.05) is 5.25 Å². The molecule has 78 valence electrons. The van der Waals surface area contributed by atoms with Crippen molar-refractivity contribution in [3.8, 4) is 5.75 Å². The Labute approximate surface area is 91.6 Å². The van der Waals surface area contributed by atoms with Gasteiger partial charge >= 0.3 is 0 Å². The predicted molar refractivity (Wildman–Crippen MR) is 64.0 cm³/mol. The molecule has 1 aromatic carbocycles. The van der Waals surface area contributed by atoms with Crippen molar-refractivity contribution >= 4 is 12.6 Å². The summed E-state index contributed by atoms with van der Waals surface area (Å²) in [5.41, 5.74) is 1.20. The molecule has 0 amide bonds. The molecule has 1 nitrogen and oxygen atoms in total. The summed E-state index contributed by atoms with van der Waals surface area (Å²) in [5, 5.41) is 9.44. The summed E-state index contributed by atoms with van der Waals surface area (Å²) in [6, 6.07) is 7.33. The summed E-state index contributed by atoms with van der Waals surface area (Å²) in [4.78, 5) is 0. The lowest BCUT2D eigenvalue weighted by Crippen LogP contribution is -1.90. The predicted octanol–water partition coefficient (Wildman–Crippen LogP) is 3.94. The first-order valence-corrected chi connectivity index (χ1v) is 5.72. The van der Waals surface area contributed by atoms with Crippen molar-refractivity contribution in [3.05, 3.63) is 29.8 Å². The van der Waals surface area contributed by atoms with E-state index in [4.69, 9.17) is 5.11 Å². The fourth-order valence-electron chi connectivity index (χ4n) is 1.45. The summed E-state index contributed by atoms with van der Waals surface area (Å²) < 4.78 is 0. The van der Waals surface area contributed by atoms with Crippen LogP contribution >= 0.6 is 12.6 Å². The molecule has 0 heterocycles. The van der Waals surface area contributed by atoms with Gasteiger partial charge in [-0.3, -0.25) is 0 Å². The van der Waals surface area contributed by atoms with E-state index in [1.54, 1.807) is 12.1 Å². The van der Waals surface area contributed by atoms with Crippen LogP contribution in [0.3, 0.4) is 0 Å². The van der Waals surface area contributed by atoms with Crippen LogP contribution in [0.5, 0.6) is 5.75 Å². The molecule has 1 atom stereocenters. The maximum Gasteiger partial charge on any atom is 0.115 e. The molecule has 0 spiro atoms. The first kappa shape index (κ1) is 11.4. The third-order valence-electron chi connectivity index (χ3n) is 2.36. The maximum atomic E-state index is 9.13. The molecule has 0 aliphatic heterocycles. The molecule has 0 radical (unpaired) electrons. The Kier molecular flexibility index (Phi) is 4.88. The van der Waals surface area contributed by atoms with Gasteiger partial charge in [0.25, 0.3) is 0 Å². The third-order valence-corrected chi connectivity index (χ3v) is 2.92. The van der Waals surface area contributed by atoms with Crippen molar-refractivity contribution in [2.45, 2.75) is 37.9 Å². The summed E-state index contributed by atoms with van der Waals surface area (Å²) >= 11 is 4.55. The Morgan fingerprint density at radius 1 is 1.21 bits per heavy atom. The highest BCUT2D eigenvalue weighted by atomic mass is 32.1. The SMILES string of the molecule is CCCCCC(S)c1ccc(O)cc1. The van der Waals surface area contributed by atoms with Crippen LogP contribution in [0.1, 0.15) is 43.4 Å². The second-order valence-electron chi connectivity index (χ2n) is 3.60. The zero-order chi connectivity index (χ0) is 10.4. The fraction of sp³-hybridized carbons (Fsp3) is 0.500. The minimum Gasteiger partial charge on any atom is -0.508 e. The largest absolute Gasteiger partial charge is 0.508 e. The lowest BCUT2D eigenvalue weighted by Gasteiger charge is -2.10. The zero-order valence-corrected chi connectivity index (χ0v) is 9.50. The van der Waals surface area contributed by atoms with E-state index in [0.29, 0.717) is 11.0 Å². The van der Waals surface area contributed by atoms with Crippen LogP contribution in [0.2, 0.25) is 0 Å². The number of phenols is 1.